The molecule has 0 saturated heterocycles. The van der Waals surface area contributed by atoms with Gasteiger partial charge >= 0.3 is 0 Å². The highest BCUT2D eigenvalue weighted by Crippen LogP contribution is 2.45. The number of rotatable bonds is 0. The van der Waals surface area contributed by atoms with Gasteiger partial charge in [0.1, 0.15) is 11.5 Å². The van der Waals surface area contributed by atoms with Crippen LogP contribution in [0.3, 0.4) is 0 Å². The van der Waals surface area contributed by atoms with E-state index in [1.165, 1.54) is 0 Å². The third kappa shape index (κ3) is 6.04. The van der Waals surface area contributed by atoms with E-state index in [1.54, 1.807) is 0 Å². The van der Waals surface area contributed by atoms with Crippen LogP contribution >= 0.6 is 0 Å². The van der Waals surface area contributed by atoms with Crippen LogP contribution in [-0.4, -0.2) is 64.5 Å². The molecule has 2 amide bonds. The van der Waals surface area contributed by atoms with Crippen LogP contribution in [0, 0.1) is 0 Å². The summed E-state index contributed by atoms with van der Waals surface area (Å²) in [5.74, 6) is 0.605. The van der Waals surface area contributed by atoms with E-state index in [-0.39, 0.29) is 25.0 Å². The molecule has 0 bridgehead atoms. The summed E-state index contributed by atoms with van der Waals surface area (Å²) in [6, 6.07) is 23.7. The highest BCUT2D eigenvalue weighted by atomic mass is 16.5. The van der Waals surface area contributed by atoms with Crippen molar-refractivity contribution in [3.05, 3.63) is 72.8 Å². The first kappa shape index (κ1) is 25.5. The van der Waals surface area contributed by atoms with Gasteiger partial charge in [-0.2, -0.15) is 0 Å². The first-order chi connectivity index (χ1) is 18.7. The van der Waals surface area contributed by atoms with Crippen LogP contribution in [0.25, 0.3) is 32.7 Å². The fourth-order valence-corrected chi connectivity index (χ4v) is 4.50. The molecule has 5 rings (SSSR count). The quantitative estimate of drug-likeness (QED) is 0.372. The Labute approximate surface area is 220 Å². The summed E-state index contributed by atoms with van der Waals surface area (Å²) in [4.78, 5) is 25.1. The van der Waals surface area contributed by atoms with E-state index in [9.17, 15) is 9.59 Å². The van der Waals surface area contributed by atoms with Crippen LogP contribution < -0.4 is 20.1 Å². The highest BCUT2D eigenvalue weighted by Gasteiger charge is 2.20. The van der Waals surface area contributed by atoms with Crippen molar-refractivity contribution in [1.82, 2.24) is 10.6 Å². The zero-order chi connectivity index (χ0) is 26.2. The highest BCUT2D eigenvalue weighted by molar-refractivity contribution is 6.09. The second-order valence-corrected chi connectivity index (χ2v) is 8.82. The lowest BCUT2D eigenvalue weighted by molar-refractivity contribution is -0.124. The topological polar surface area (TPSA) is 95.1 Å². The lowest BCUT2D eigenvalue weighted by Crippen LogP contribution is -2.32. The standard InChI is InChI=1S/C30H30N2O6/c33-27-19-37-25-11-9-21-5-1-3-7-23(21)29(25)30-24-8-4-2-6-22(24)10-12-26(30)38-20-28(34)32-14-16-36-18-17-35-15-13-31-27/h1-12H,13-20H2,(H,31,33)(H,32,34). The Kier molecular flexibility index (Phi) is 8.32. The predicted octanol–water partition coefficient (Wildman–Crippen LogP) is 3.70. The third-order valence-electron chi connectivity index (χ3n) is 6.26. The van der Waals surface area contributed by atoms with Crippen molar-refractivity contribution in [3.8, 4) is 22.6 Å². The second-order valence-electron chi connectivity index (χ2n) is 8.82. The van der Waals surface area contributed by atoms with Gasteiger partial charge in [-0.3, -0.25) is 9.59 Å². The number of hydrogen-bond acceptors (Lipinski definition) is 6. The summed E-state index contributed by atoms with van der Waals surface area (Å²) in [7, 11) is 0. The number of carbonyl (C=O) groups is 2. The summed E-state index contributed by atoms with van der Waals surface area (Å²) in [5, 5.41) is 9.58. The maximum absolute atomic E-state index is 12.5. The zero-order valence-electron chi connectivity index (χ0n) is 21.0. The third-order valence-corrected chi connectivity index (χ3v) is 6.26. The molecule has 2 N–H and O–H groups in total. The molecule has 38 heavy (non-hydrogen) atoms. The Morgan fingerprint density at radius 3 is 1.45 bits per heavy atom. The minimum Gasteiger partial charge on any atom is -0.483 e. The summed E-state index contributed by atoms with van der Waals surface area (Å²) in [5.41, 5.74) is 1.60. The number of ether oxygens (including phenoxy) is 4. The largest absolute Gasteiger partial charge is 0.483 e. The van der Waals surface area contributed by atoms with Gasteiger partial charge in [-0.25, -0.2) is 0 Å². The molecule has 8 heteroatoms. The molecule has 4 aromatic carbocycles. The molecule has 0 aromatic heterocycles. The molecular formula is C30H30N2O6. The van der Waals surface area contributed by atoms with Crippen molar-refractivity contribution >= 4 is 33.4 Å². The van der Waals surface area contributed by atoms with Crippen molar-refractivity contribution in [1.29, 1.82) is 0 Å². The van der Waals surface area contributed by atoms with Gasteiger partial charge in [0, 0.05) is 24.2 Å². The molecule has 0 unspecified atom stereocenters. The van der Waals surface area contributed by atoms with Gasteiger partial charge in [0.2, 0.25) is 0 Å². The Morgan fingerprint density at radius 1 is 0.526 bits per heavy atom. The van der Waals surface area contributed by atoms with Gasteiger partial charge in [0.15, 0.2) is 13.2 Å². The van der Waals surface area contributed by atoms with Gasteiger partial charge < -0.3 is 29.6 Å². The molecule has 4 aromatic rings. The van der Waals surface area contributed by atoms with E-state index >= 15 is 0 Å². The minimum atomic E-state index is -0.246. The molecule has 0 saturated carbocycles. The molecule has 196 valence electrons. The van der Waals surface area contributed by atoms with Gasteiger partial charge in [-0.15, -0.1) is 0 Å². The molecule has 8 nitrogen and oxygen atoms in total. The molecule has 0 radical (unpaired) electrons. The number of benzene rings is 4. The molecule has 1 heterocycles. The van der Waals surface area contributed by atoms with Crippen molar-refractivity contribution in [2.75, 3.05) is 52.7 Å². The molecule has 0 fully saturated rings. The molecule has 0 atom stereocenters. The monoisotopic (exact) mass is 514 g/mol. The SMILES string of the molecule is O=C1COc2ccc3ccccc3c2-c2c(ccc3ccccc23)OCC(=O)NCCOCCOCCN1. The second kappa shape index (κ2) is 12.4. The lowest BCUT2D eigenvalue weighted by atomic mass is 9.92. The molecule has 1 aliphatic rings. The number of hydrogen-bond donors (Lipinski definition) is 2. The van der Waals surface area contributed by atoms with Crippen molar-refractivity contribution in [2.45, 2.75) is 0 Å². The van der Waals surface area contributed by atoms with Crippen LogP contribution in [0.15, 0.2) is 72.8 Å². The number of amides is 2. The molecule has 0 spiro atoms. The first-order valence-electron chi connectivity index (χ1n) is 12.7. The van der Waals surface area contributed by atoms with E-state index < -0.39 is 0 Å². The summed E-state index contributed by atoms with van der Waals surface area (Å²) in [6.07, 6.45) is 0. The predicted molar refractivity (Wildman–Crippen MR) is 146 cm³/mol. The van der Waals surface area contributed by atoms with Crippen LogP contribution in [-0.2, 0) is 19.1 Å². The Hall–Kier alpha value is -4.14. The van der Waals surface area contributed by atoms with E-state index in [4.69, 9.17) is 18.9 Å². The Balaban J connectivity index is 1.59. The summed E-state index contributed by atoms with van der Waals surface area (Å²) < 4.78 is 23.2. The number of fused-ring (bicyclic) bond motifs is 7. The molecule has 1 aliphatic heterocycles. The fourth-order valence-electron chi connectivity index (χ4n) is 4.50. The number of nitrogens with one attached hydrogen (secondary N) is 2. The van der Waals surface area contributed by atoms with Gasteiger partial charge in [-0.05, 0) is 33.7 Å². The van der Waals surface area contributed by atoms with E-state index in [1.807, 2.05) is 72.8 Å². The minimum absolute atomic E-state index is 0.155. The van der Waals surface area contributed by atoms with Gasteiger partial charge in [-0.1, -0.05) is 60.7 Å². The normalized spacial score (nSPS) is 16.3. The van der Waals surface area contributed by atoms with E-state index in [0.29, 0.717) is 51.0 Å². The van der Waals surface area contributed by atoms with Crippen molar-refractivity contribution in [2.24, 2.45) is 0 Å². The first-order valence-corrected chi connectivity index (χ1v) is 12.7. The average molecular weight is 515 g/mol. The smallest absolute Gasteiger partial charge is 0.258 e. The van der Waals surface area contributed by atoms with Gasteiger partial charge in [0.25, 0.3) is 11.8 Å². The maximum atomic E-state index is 12.5. The van der Waals surface area contributed by atoms with Crippen molar-refractivity contribution < 1.29 is 28.5 Å². The Morgan fingerprint density at radius 2 is 0.974 bits per heavy atom. The average Bonchev–Trinajstić information content (AvgIpc) is 2.95. The molecular weight excluding hydrogens is 484 g/mol. The van der Waals surface area contributed by atoms with Gasteiger partial charge in [0.05, 0.1) is 26.4 Å². The lowest BCUT2D eigenvalue weighted by Gasteiger charge is -2.19. The van der Waals surface area contributed by atoms with Crippen LogP contribution in [0.4, 0.5) is 0 Å². The van der Waals surface area contributed by atoms with Crippen LogP contribution in [0.1, 0.15) is 0 Å². The fraction of sp³-hybridized carbons (Fsp3) is 0.267. The molecule has 0 aliphatic carbocycles. The number of carbonyl (C=O) groups excluding carboxylic acids is 2. The van der Waals surface area contributed by atoms with E-state index in [2.05, 4.69) is 10.6 Å². The Bertz CT molecular complexity index is 1330. The summed E-state index contributed by atoms with van der Waals surface area (Å²) in [6.45, 7) is 1.95. The van der Waals surface area contributed by atoms with Crippen molar-refractivity contribution in [3.63, 3.8) is 0 Å². The van der Waals surface area contributed by atoms with Crippen LogP contribution in [0.2, 0.25) is 0 Å². The zero-order valence-corrected chi connectivity index (χ0v) is 21.0. The van der Waals surface area contributed by atoms with Crippen LogP contribution in [0.5, 0.6) is 11.5 Å². The van der Waals surface area contributed by atoms with E-state index in [0.717, 1.165) is 32.7 Å². The summed E-state index contributed by atoms with van der Waals surface area (Å²) >= 11 is 0. The maximum Gasteiger partial charge on any atom is 0.258 e.